The van der Waals surface area contributed by atoms with Crippen LogP contribution in [0.4, 0.5) is 10.5 Å². The molecule has 0 aliphatic rings. The summed E-state index contributed by atoms with van der Waals surface area (Å²) in [6, 6.07) is 28.8. The predicted octanol–water partition coefficient (Wildman–Crippen LogP) is 5.25. The Bertz CT molecular complexity index is 807. The first kappa shape index (κ1) is 17.5. The van der Waals surface area contributed by atoms with Crippen molar-refractivity contribution in [2.75, 3.05) is 4.90 Å². The lowest BCUT2D eigenvalue weighted by molar-refractivity contribution is 0.0635. The van der Waals surface area contributed by atoms with Gasteiger partial charge < -0.3 is 14.4 Å². The maximum atomic E-state index is 12.1. The van der Waals surface area contributed by atoms with Crippen LogP contribution in [-0.4, -0.2) is 12.4 Å². The van der Waals surface area contributed by atoms with E-state index in [1.54, 1.807) is 24.3 Å². The average Bonchev–Trinajstić information content (AvgIpc) is 2.68. The van der Waals surface area contributed by atoms with Crippen LogP contribution in [0.15, 0.2) is 91.0 Å². The molecule has 4 nitrogen and oxygen atoms in total. The summed E-state index contributed by atoms with van der Waals surface area (Å²) in [5.41, 5.74) is 2.10. The molecule has 26 heavy (non-hydrogen) atoms. The normalized spacial score (nSPS) is 11.4. The van der Waals surface area contributed by atoms with Crippen molar-refractivity contribution < 1.29 is 14.3 Å². The summed E-state index contributed by atoms with van der Waals surface area (Å²) in [6.07, 6.45) is -1.22. The monoisotopic (exact) mass is 347 g/mol. The molecule has 0 amide bonds. The minimum absolute atomic E-state index is 0.457. The molecule has 0 saturated carbocycles. The fraction of sp³-hybridized carbons (Fsp3) is 0.136. The topological polar surface area (TPSA) is 38.8 Å². The van der Waals surface area contributed by atoms with Gasteiger partial charge in [-0.15, -0.1) is 0 Å². The highest BCUT2D eigenvalue weighted by Crippen LogP contribution is 2.21. The summed E-state index contributed by atoms with van der Waals surface area (Å²) in [5, 5.41) is 0. The largest absolute Gasteiger partial charge is 0.515 e. The summed E-state index contributed by atoms with van der Waals surface area (Å²) in [7, 11) is 0. The smallest absolute Gasteiger partial charge is 0.410 e. The molecule has 3 rings (SSSR count). The maximum absolute atomic E-state index is 12.1. The van der Waals surface area contributed by atoms with Gasteiger partial charge in [-0.05, 0) is 36.8 Å². The van der Waals surface area contributed by atoms with Gasteiger partial charge >= 0.3 is 6.16 Å². The van der Waals surface area contributed by atoms with Gasteiger partial charge in [-0.25, -0.2) is 4.79 Å². The molecule has 0 aliphatic carbocycles. The highest BCUT2D eigenvalue weighted by molar-refractivity contribution is 5.64. The lowest BCUT2D eigenvalue weighted by atomic mass is 10.2. The Balaban J connectivity index is 1.72. The molecular formula is C22H21NO3. The van der Waals surface area contributed by atoms with E-state index in [0.717, 1.165) is 11.3 Å². The second-order valence-electron chi connectivity index (χ2n) is 5.83. The molecule has 0 spiro atoms. The molecule has 0 fully saturated rings. The van der Waals surface area contributed by atoms with E-state index < -0.39 is 12.4 Å². The number of ether oxygens (including phenoxy) is 2. The number of nitrogens with zero attached hydrogens (tertiary/aromatic N) is 1. The summed E-state index contributed by atoms with van der Waals surface area (Å²) >= 11 is 0. The van der Waals surface area contributed by atoms with Gasteiger partial charge in [0, 0.05) is 12.2 Å². The number of carbonyl (C=O) groups excluding carboxylic acids is 1. The third-order valence-corrected chi connectivity index (χ3v) is 3.93. The average molecular weight is 347 g/mol. The number of rotatable bonds is 6. The van der Waals surface area contributed by atoms with Crippen molar-refractivity contribution in [3.8, 4) is 5.75 Å². The highest BCUT2D eigenvalue weighted by atomic mass is 16.7. The third-order valence-electron chi connectivity index (χ3n) is 3.93. The number of anilines is 1. The SMILES string of the molecule is CC(OC(=O)Oc1ccccc1)N(Cc1ccccc1)c1ccccc1. The molecule has 0 heterocycles. The van der Waals surface area contributed by atoms with Gasteiger partial charge in [-0.1, -0.05) is 66.7 Å². The fourth-order valence-corrected chi connectivity index (χ4v) is 2.64. The zero-order chi connectivity index (χ0) is 18.2. The molecule has 0 radical (unpaired) electrons. The summed E-state index contributed by atoms with van der Waals surface area (Å²) in [4.78, 5) is 14.2. The van der Waals surface area contributed by atoms with Crippen molar-refractivity contribution in [3.05, 3.63) is 96.6 Å². The Hall–Kier alpha value is -3.27. The fourth-order valence-electron chi connectivity index (χ4n) is 2.64. The van der Waals surface area contributed by atoms with Crippen LogP contribution in [-0.2, 0) is 11.3 Å². The standard InChI is InChI=1S/C22H21NO3/c1-18(25-22(24)26-21-15-9-4-10-16-21)23(20-13-7-3-8-14-20)17-19-11-5-2-6-12-19/h2-16,18H,17H2,1H3. The Morgan fingerprint density at radius 2 is 1.38 bits per heavy atom. The van der Waals surface area contributed by atoms with Crippen molar-refractivity contribution in [2.24, 2.45) is 0 Å². The van der Waals surface area contributed by atoms with Crippen molar-refractivity contribution in [3.63, 3.8) is 0 Å². The number of hydrogen-bond acceptors (Lipinski definition) is 4. The predicted molar refractivity (Wildman–Crippen MR) is 102 cm³/mol. The molecule has 3 aromatic rings. The van der Waals surface area contributed by atoms with Gasteiger partial charge in [0.1, 0.15) is 5.75 Å². The van der Waals surface area contributed by atoms with Crippen molar-refractivity contribution in [1.82, 2.24) is 0 Å². The van der Waals surface area contributed by atoms with E-state index in [0.29, 0.717) is 12.3 Å². The molecule has 0 aromatic heterocycles. The number of carbonyl (C=O) groups is 1. The summed E-state index contributed by atoms with van der Waals surface area (Å²) in [6.45, 7) is 2.45. The molecule has 132 valence electrons. The first-order valence-corrected chi connectivity index (χ1v) is 8.51. The van der Waals surface area contributed by atoms with E-state index in [-0.39, 0.29) is 0 Å². The van der Waals surface area contributed by atoms with Crippen LogP contribution < -0.4 is 9.64 Å². The van der Waals surface area contributed by atoms with E-state index in [1.165, 1.54) is 0 Å². The summed E-state index contributed by atoms with van der Waals surface area (Å²) < 4.78 is 10.7. The Morgan fingerprint density at radius 3 is 2.00 bits per heavy atom. The summed E-state index contributed by atoms with van der Waals surface area (Å²) in [5.74, 6) is 0.457. The lowest BCUT2D eigenvalue weighted by Crippen LogP contribution is -2.37. The van der Waals surface area contributed by atoms with E-state index in [2.05, 4.69) is 0 Å². The molecule has 0 N–H and O–H groups in total. The molecule has 0 aliphatic heterocycles. The van der Waals surface area contributed by atoms with Crippen LogP contribution in [0.1, 0.15) is 12.5 Å². The van der Waals surface area contributed by atoms with E-state index in [9.17, 15) is 4.79 Å². The van der Waals surface area contributed by atoms with Gasteiger partial charge in [0.2, 0.25) is 0 Å². The zero-order valence-corrected chi connectivity index (χ0v) is 14.6. The number of hydrogen-bond donors (Lipinski definition) is 0. The van der Waals surface area contributed by atoms with Crippen LogP contribution in [0.5, 0.6) is 5.75 Å². The lowest BCUT2D eigenvalue weighted by Gasteiger charge is -2.30. The zero-order valence-electron chi connectivity index (χ0n) is 14.6. The van der Waals surface area contributed by atoms with Gasteiger partial charge in [0.15, 0.2) is 6.23 Å². The van der Waals surface area contributed by atoms with Crippen molar-refractivity contribution in [1.29, 1.82) is 0 Å². The second-order valence-corrected chi connectivity index (χ2v) is 5.83. The molecule has 0 bridgehead atoms. The quantitative estimate of drug-likeness (QED) is 0.347. The van der Waals surface area contributed by atoms with E-state index in [1.807, 2.05) is 78.6 Å². The molecule has 1 atom stereocenters. The molecule has 4 heteroatoms. The Morgan fingerprint density at radius 1 is 0.846 bits per heavy atom. The van der Waals surface area contributed by atoms with Gasteiger partial charge in [0.05, 0.1) is 0 Å². The Kier molecular flexibility index (Phi) is 5.88. The van der Waals surface area contributed by atoms with Crippen molar-refractivity contribution >= 4 is 11.8 Å². The maximum Gasteiger partial charge on any atom is 0.515 e. The first-order chi connectivity index (χ1) is 12.7. The first-order valence-electron chi connectivity index (χ1n) is 8.51. The van der Waals surface area contributed by atoms with E-state index in [4.69, 9.17) is 9.47 Å². The third kappa shape index (κ3) is 4.86. The molecular weight excluding hydrogens is 326 g/mol. The number of benzene rings is 3. The Labute approximate surface area is 153 Å². The van der Waals surface area contributed by atoms with Crippen LogP contribution in [0.2, 0.25) is 0 Å². The van der Waals surface area contributed by atoms with Crippen LogP contribution in [0, 0.1) is 0 Å². The van der Waals surface area contributed by atoms with Crippen molar-refractivity contribution in [2.45, 2.75) is 19.7 Å². The van der Waals surface area contributed by atoms with Crippen LogP contribution in [0.25, 0.3) is 0 Å². The number of para-hydroxylation sites is 2. The minimum Gasteiger partial charge on any atom is -0.410 e. The minimum atomic E-state index is -0.724. The van der Waals surface area contributed by atoms with Gasteiger partial charge in [-0.2, -0.15) is 0 Å². The van der Waals surface area contributed by atoms with Gasteiger partial charge in [0.25, 0.3) is 0 Å². The van der Waals surface area contributed by atoms with E-state index >= 15 is 0 Å². The highest BCUT2D eigenvalue weighted by Gasteiger charge is 2.20. The second kappa shape index (κ2) is 8.72. The van der Waals surface area contributed by atoms with Crippen LogP contribution >= 0.6 is 0 Å². The molecule has 3 aromatic carbocycles. The van der Waals surface area contributed by atoms with Crippen LogP contribution in [0.3, 0.4) is 0 Å². The molecule has 1 unspecified atom stereocenters. The van der Waals surface area contributed by atoms with Gasteiger partial charge in [-0.3, -0.25) is 0 Å². The molecule has 0 saturated heterocycles.